The van der Waals surface area contributed by atoms with Crippen molar-refractivity contribution in [1.82, 2.24) is 4.90 Å². The van der Waals surface area contributed by atoms with E-state index >= 15 is 0 Å². The maximum absolute atomic E-state index is 8.31. The average molecular weight is 218 g/mol. The highest BCUT2D eigenvalue weighted by atomic mass is 15.1. The molecule has 2 heteroatoms. The molecule has 0 amide bonds. The van der Waals surface area contributed by atoms with Gasteiger partial charge in [-0.1, -0.05) is 44.2 Å². The molecule has 1 N–H and O–H groups in total. The van der Waals surface area contributed by atoms with Crippen LogP contribution in [0.1, 0.15) is 32.3 Å². The predicted molar refractivity (Wildman–Crippen MR) is 70.1 cm³/mol. The number of amidine groups is 1. The minimum Gasteiger partial charge on any atom is -0.366 e. The van der Waals surface area contributed by atoms with Crippen LogP contribution in [0.3, 0.4) is 0 Å². The molecule has 0 atom stereocenters. The Morgan fingerprint density at radius 2 is 1.62 bits per heavy atom. The summed E-state index contributed by atoms with van der Waals surface area (Å²) in [6, 6.07) is 10.4. The molecule has 0 radical (unpaired) electrons. The summed E-state index contributed by atoms with van der Waals surface area (Å²) < 4.78 is 0. The first-order valence-corrected chi connectivity index (χ1v) is 5.90. The van der Waals surface area contributed by atoms with E-state index < -0.39 is 0 Å². The van der Waals surface area contributed by atoms with Crippen molar-refractivity contribution in [2.75, 3.05) is 14.1 Å². The Morgan fingerprint density at radius 1 is 1.12 bits per heavy atom. The lowest BCUT2D eigenvalue weighted by atomic mass is 9.74. The van der Waals surface area contributed by atoms with Gasteiger partial charge in [-0.05, 0) is 18.4 Å². The van der Waals surface area contributed by atoms with E-state index in [1.165, 1.54) is 5.56 Å². The molecular formula is C14H22N2. The Kier molecular flexibility index (Phi) is 4.11. The third-order valence-electron chi connectivity index (χ3n) is 3.43. The minimum atomic E-state index is -0.134. The van der Waals surface area contributed by atoms with E-state index in [9.17, 15) is 0 Å². The van der Waals surface area contributed by atoms with Gasteiger partial charge in [-0.25, -0.2) is 0 Å². The van der Waals surface area contributed by atoms with Gasteiger partial charge in [0.2, 0.25) is 0 Å². The molecule has 0 fully saturated rings. The molecule has 1 rings (SSSR count). The fourth-order valence-electron chi connectivity index (χ4n) is 2.32. The molecule has 1 aromatic rings. The Balaban J connectivity index is 3.21. The first-order chi connectivity index (χ1) is 7.58. The van der Waals surface area contributed by atoms with Gasteiger partial charge in [0.25, 0.3) is 0 Å². The topological polar surface area (TPSA) is 27.1 Å². The smallest absolute Gasteiger partial charge is 0.106 e. The van der Waals surface area contributed by atoms with Gasteiger partial charge in [0.05, 0.1) is 5.41 Å². The molecule has 0 aliphatic heterocycles. The zero-order valence-electron chi connectivity index (χ0n) is 10.7. The third kappa shape index (κ3) is 2.11. The van der Waals surface area contributed by atoms with Gasteiger partial charge in [-0.15, -0.1) is 0 Å². The summed E-state index contributed by atoms with van der Waals surface area (Å²) in [7, 11) is 3.90. The van der Waals surface area contributed by atoms with Crippen molar-refractivity contribution in [3.63, 3.8) is 0 Å². The first kappa shape index (κ1) is 12.8. The number of likely N-dealkylation sites (N-methyl/N-ethyl adjacent to an activating group) is 1. The monoisotopic (exact) mass is 218 g/mol. The molecule has 0 spiro atoms. The van der Waals surface area contributed by atoms with Crippen LogP contribution in [-0.2, 0) is 5.41 Å². The highest BCUT2D eigenvalue weighted by Gasteiger charge is 2.34. The van der Waals surface area contributed by atoms with Gasteiger partial charge in [-0.3, -0.25) is 5.41 Å². The van der Waals surface area contributed by atoms with Crippen LogP contribution in [0.5, 0.6) is 0 Å². The van der Waals surface area contributed by atoms with Crippen molar-refractivity contribution in [3.8, 4) is 0 Å². The molecule has 0 bridgehead atoms. The van der Waals surface area contributed by atoms with Crippen molar-refractivity contribution in [3.05, 3.63) is 35.9 Å². The predicted octanol–water partition coefficient (Wildman–Crippen LogP) is 3.28. The van der Waals surface area contributed by atoms with Crippen LogP contribution in [0.25, 0.3) is 0 Å². The van der Waals surface area contributed by atoms with Gasteiger partial charge in [0.15, 0.2) is 0 Å². The lowest BCUT2D eigenvalue weighted by molar-refractivity contribution is 0.455. The van der Waals surface area contributed by atoms with Gasteiger partial charge in [0, 0.05) is 14.1 Å². The van der Waals surface area contributed by atoms with Crippen LogP contribution < -0.4 is 0 Å². The Labute approximate surface area is 98.8 Å². The maximum Gasteiger partial charge on any atom is 0.106 e. The third-order valence-corrected chi connectivity index (χ3v) is 3.43. The first-order valence-electron chi connectivity index (χ1n) is 5.90. The lowest BCUT2D eigenvalue weighted by Gasteiger charge is -2.36. The van der Waals surface area contributed by atoms with Crippen LogP contribution in [0, 0.1) is 5.41 Å². The number of nitrogens with one attached hydrogen (secondary N) is 1. The normalized spacial score (nSPS) is 11.2. The fourth-order valence-corrected chi connectivity index (χ4v) is 2.32. The summed E-state index contributed by atoms with van der Waals surface area (Å²) in [4.78, 5) is 1.92. The molecule has 0 heterocycles. The van der Waals surface area contributed by atoms with Crippen LogP contribution >= 0.6 is 0 Å². The SMILES string of the molecule is CCC(CC)(C(=N)N(C)C)c1ccccc1. The van der Waals surface area contributed by atoms with Gasteiger partial charge < -0.3 is 4.90 Å². The van der Waals surface area contributed by atoms with Crippen LogP contribution in [-0.4, -0.2) is 24.8 Å². The molecule has 0 aliphatic rings. The van der Waals surface area contributed by atoms with Crippen molar-refractivity contribution in [2.24, 2.45) is 0 Å². The summed E-state index contributed by atoms with van der Waals surface area (Å²) in [5.74, 6) is 0.698. The van der Waals surface area contributed by atoms with E-state index in [0.717, 1.165) is 12.8 Å². The van der Waals surface area contributed by atoms with Crippen molar-refractivity contribution >= 4 is 5.84 Å². The van der Waals surface area contributed by atoms with E-state index in [-0.39, 0.29) is 5.41 Å². The van der Waals surface area contributed by atoms with Crippen molar-refractivity contribution < 1.29 is 0 Å². The summed E-state index contributed by atoms with van der Waals surface area (Å²) in [5, 5.41) is 8.31. The lowest BCUT2D eigenvalue weighted by Crippen LogP contribution is -2.42. The molecule has 88 valence electrons. The zero-order chi connectivity index (χ0) is 12.2. The second-order valence-corrected chi connectivity index (χ2v) is 4.40. The highest BCUT2D eigenvalue weighted by Crippen LogP contribution is 2.33. The summed E-state index contributed by atoms with van der Waals surface area (Å²) in [6.07, 6.45) is 1.93. The van der Waals surface area contributed by atoms with E-state index in [4.69, 9.17) is 5.41 Å². The van der Waals surface area contributed by atoms with Crippen LogP contribution in [0.4, 0.5) is 0 Å². The molecule has 2 nitrogen and oxygen atoms in total. The molecule has 0 unspecified atom stereocenters. The number of benzene rings is 1. The Morgan fingerprint density at radius 3 is 2.00 bits per heavy atom. The Bertz CT molecular complexity index is 337. The number of hydrogen-bond acceptors (Lipinski definition) is 1. The summed E-state index contributed by atoms with van der Waals surface area (Å²) in [5.41, 5.74) is 1.11. The van der Waals surface area contributed by atoms with Crippen molar-refractivity contribution in [1.29, 1.82) is 5.41 Å². The van der Waals surface area contributed by atoms with Crippen molar-refractivity contribution in [2.45, 2.75) is 32.1 Å². The van der Waals surface area contributed by atoms with Gasteiger partial charge in [-0.2, -0.15) is 0 Å². The molecule has 0 saturated carbocycles. The minimum absolute atomic E-state index is 0.134. The van der Waals surface area contributed by atoms with E-state index in [1.54, 1.807) is 0 Å². The second kappa shape index (κ2) is 5.15. The maximum atomic E-state index is 8.31. The van der Waals surface area contributed by atoms with Gasteiger partial charge >= 0.3 is 0 Å². The summed E-state index contributed by atoms with van der Waals surface area (Å²) in [6.45, 7) is 4.32. The van der Waals surface area contributed by atoms with E-state index in [1.807, 2.05) is 25.1 Å². The number of rotatable bonds is 4. The average Bonchev–Trinajstić information content (AvgIpc) is 2.32. The molecule has 0 aromatic heterocycles. The summed E-state index contributed by atoms with van der Waals surface area (Å²) >= 11 is 0. The highest BCUT2D eigenvalue weighted by molar-refractivity contribution is 5.90. The quantitative estimate of drug-likeness (QED) is 0.609. The number of hydrogen-bond donors (Lipinski definition) is 1. The fraction of sp³-hybridized carbons (Fsp3) is 0.500. The molecular weight excluding hydrogens is 196 g/mol. The van der Waals surface area contributed by atoms with E-state index in [2.05, 4.69) is 38.1 Å². The Hall–Kier alpha value is -1.31. The van der Waals surface area contributed by atoms with E-state index in [0.29, 0.717) is 5.84 Å². The largest absolute Gasteiger partial charge is 0.366 e. The molecule has 0 saturated heterocycles. The van der Waals surface area contributed by atoms with Crippen LogP contribution in [0.15, 0.2) is 30.3 Å². The molecule has 16 heavy (non-hydrogen) atoms. The van der Waals surface area contributed by atoms with Crippen LogP contribution in [0.2, 0.25) is 0 Å². The zero-order valence-corrected chi connectivity index (χ0v) is 10.7. The standard InChI is InChI=1S/C14H22N2/c1-5-14(6-2,13(15)16(3)4)12-10-8-7-9-11-12/h7-11,15H,5-6H2,1-4H3. The molecule has 0 aliphatic carbocycles. The number of nitrogens with zero attached hydrogens (tertiary/aromatic N) is 1. The van der Waals surface area contributed by atoms with Gasteiger partial charge in [0.1, 0.15) is 5.84 Å². The molecule has 1 aromatic carbocycles. The second-order valence-electron chi connectivity index (χ2n) is 4.40.